The van der Waals surface area contributed by atoms with Crippen LogP contribution < -0.4 is 10.6 Å². The van der Waals surface area contributed by atoms with Crippen LogP contribution in [0, 0.1) is 11.7 Å². The Bertz CT molecular complexity index is 924. The minimum absolute atomic E-state index is 0.00809. The lowest BCUT2D eigenvalue weighted by molar-refractivity contribution is 0.0830. The first-order valence-corrected chi connectivity index (χ1v) is 10.9. The monoisotopic (exact) mass is 425 g/mol. The van der Waals surface area contributed by atoms with E-state index in [4.69, 9.17) is 4.74 Å². The number of carbonyl (C=O) groups excluding carboxylic acids is 2. The highest BCUT2D eigenvalue weighted by Gasteiger charge is 2.25. The lowest BCUT2D eigenvalue weighted by Gasteiger charge is -2.31. The Hall–Kier alpha value is -2.93. The molecule has 2 heterocycles. The van der Waals surface area contributed by atoms with E-state index in [1.165, 1.54) is 17.7 Å². The third-order valence-electron chi connectivity index (χ3n) is 6.00. The number of piperidine rings is 1. The number of hydrogen-bond donors (Lipinski definition) is 2. The van der Waals surface area contributed by atoms with E-state index in [1.54, 1.807) is 12.1 Å². The summed E-state index contributed by atoms with van der Waals surface area (Å²) in [5.41, 5.74) is 3.67. The summed E-state index contributed by atoms with van der Waals surface area (Å²) in [5.74, 6) is -0.236. The number of nitrogens with one attached hydrogen (secondary N) is 2. The third-order valence-corrected chi connectivity index (χ3v) is 6.00. The molecule has 0 bridgehead atoms. The molecule has 2 aromatic rings. The number of amides is 1. The molecule has 1 amide bonds. The first kappa shape index (κ1) is 21.3. The predicted octanol–water partition coefficient (Wildman–Crippen LogP) is 4.33. The van der Waals surface area contributed by atoms with E-state index < -0.39 is 6.09 Å². The zero-order valence-electron chi connectivity index (χ0n) is 17.5. The lowest BCUT2D eigenvalue weighted by atomic mass is 9.89. The van der Waals surface area contributed by atoms with E-state index in [0.717, 1.165) is 63.2 Å². The number of ketones is 1. The minimum Gasteiger partial charge on any atom is -0.449 e. The fourth-order valence-corrected chi connectivity index (χ4v) is 4.26. The summed E-state index contributed by atoms with van der Waals surface area (Å²) >= 11 is 0. The van der Waals surface area contributed by atoms with Crippen LogP contribution in [0.1, 0.15) is 35.2 Å². The predicted molar refractivity (Wildman–Crippen MR) is 118 cm³/mol. The van der Waals surface area contributed by atoms with Gasteiger partial charge in [0.15, 0.2) is 5.78 Å². The Morgan fingerprint density at radius 1 is 1.13 bits per heavy atom. The molecule has 0 atom stereocenters. The van der Waals surface area contributed by atoms with Crippen molar-refractivity contribution in [3.05, 3.63) is 59.4 Å². The molecule has 2 aliphatic rings. The second kappa shape index (κ2) is 9.92. The summed E-state index contributed by atoms with van der Waals surface area (Å²) in [7, 11) is 0. The zero-order valence-corrected chi connectivity index (χ0v) is 17.5. The summed E-state index contributed by atoms with van der Waals surface area (Å²) in [6.45, 7) is 3.79. The molecule has 6 nitrogen and oxygen atoms in total. The van der Waals surface area contributed by atoms with Crippen LogP contribution in [0.25, 0.3) is 0 Å². The Morgan fingerprint density at radius 3 is 2.68 bits per heavy atom. The van der Waals surface area contributed by atoms with Crippen molar-refractivity contribution in [1.82, 2.24) is 4.90 Å². The van der Waals surface area contributed by atoms with Gasteiger partial charge in [0, 0.05) is 35.9 Å². The first-order valence-electron chi connectivity index (χ1n) is 10.9. The number of carbonyl (C=O) groups is 2. The molecule has 1 saturated heterocycles. The number of likely N-dealkylation sites (tertiary alicyclic amines) is 1. The summed E-state index contributed by atoms with van der Waals surface area (Å²) in [6.07, 6.45) is 2.87. The van der Waals surface area contributed by atoms with Crippen molar-refractivity contribution in [2.24, 2.45) is 5.92 Å². The van der Waals surface area contributed by atoms with E-state index in [-0.39, 0.29) is 17.5 Å². The minimum atomic E-state index is -0.436. The highest BCUT2D eigenvalue weighted by molar-refractivity contribution is 5.97. The smallest absolute Gasteiger partial charge is 0.411 e. The van der Waals surface area contributed by atoms with Gasteiger partial charge in [-0.2, -0.15) is 0 Å². The van der Waals surface area contributed by atoms with Gasteiger partial charge in [-0.15, -0.1) is 0 Å². The quantitative estimate of drug-likeness (QED) is 0.511. The van der Waals surface area contributed by atoms with Crippen LogP contribution in [-0.4, -0.2) is 49.6 Å². The van der Waals surface area contributed by atoms with Gasteiger partial charge in [0.25, 0.3) is 0 Å². The average molecular weight is 426 g/mol. The van der Waals surface area contributed by atoms with E-state index in [0.29, 0.717) is 12.2 Å². The van der Waals surface area contributed by atoms with Gasteiger partial charge >= 0.3 is 6.09 Å². The van der Waals surface area contributed by atoms with Crippen molar-refractivity contribution in [2.75, 3.05) is 43.4 Å². The fraction of sp³-hybridized carbons (Fsp3) is 0.417. The number of benzene rings is 2. The molecule has 2 aliphatic heterocycles. The van der Waals surface area contributed by atoms with Crippen LogP contribution in [0.5, 0.6) is 0 Å². The third kappa shape index (κ3) is 5.61. The van der Waals surface area contributed by atoms with Crippen LogP contribution in [-0.2, 0) is 11.2 Å². The van der Waals surface area contributed by atoms with Gasteiger partial charge in [-0.25, -0.2) is 9.18 Å². The van der Waals surface area contributed by atoms with Gasteiger partial charge in [-0.1, -0.05) is 0 Å². The number of anilines is 2. The Morgan fingerprint density at radius 2 is 1.90 bits per heavy atom. The highest BCUT2D eigenvalue weighted by atomic mass is 19.1. The van der Waals surface area contributed by atoms with Gasteiger partial charge in [0.1, 0.15) is 5.82 Å². The standard InChI is InChI=1S/C24H28FN3O3/c25-20-4-2-17(3-5-20)23(29)18-9-13-28(14-10-18)12-1-15-31-24(30)27-21-6-7-22-19(16-21)8-11-26-22/h2-7,16,18,26H,1,8-15H2,(H,27,30). The Kier molecular flexibility index (Phi) is 6.82. The van der Waals surface area contributed by atoms with Crippen molar-refractivity contribution in [3.8, 4) is 0 Å². The molecule has 2 N–H and O–H groups in total. The number of ether oxygens (including phenoxy) is 1. The first-order chi connectivity index (χ1) is 15.1. The molecular weight excluding hydrogens is 397 g/mol. The lowest BCUT2D eigenvalue weighted by Crippen LogP contribution is -2.37. The molecule has 0 radical (unpaired) electrons. The van der Waals surface area contributed by atoms with Crippen LogP contribution in [0.3, 0.4) is 0 Å². The van der Waals surface area contributed by atoms with Gasteiger partial charge in [-0.3, -0.25) is 10.1 Å². The van der Waals surface area contributed by atoms with Gasteiger partial charge in [0.2, 0.25) is 0 Å². The number of nitrogens with zero attached hydrogens (tertiary/aromatic N) is 1. The number of fused-ring (bicyclic) bond motifs is 1. The molecular formula is C24H28FN3O3. The number of rotatable bonds is 7. The summed E-state index contributed by atoms with van der Waals surface area (Å²) in [6, 6.07) is 11.6. The zero-order chi connectivity index (χ0) is 21.6. The van der Waals surface area contributed by atoms with E-state index in [2.05, 4.69) is 15.5 Å². The molecule has 2 aromatic carbocycles. The summed E-state index contributed by atoms with van der Waals surface area (Å²) in [4.78, 5) is 26.9. The number of Topliss-reactive ketones (excluding diaryl/α,β-unsaturated/α-hetero) is 1. The SMILES string of the molecule is O=C(Nc1ccc2c(c1)CCN2)OCCCN1CCC(C(=O)c2ccc(F)cc2)CC1. The molecule has 164 valence electrons. The summed E-state index contributed by atoms with van der Waals surface area (Å²) in [5, 5.41) is 6.08. The molecule has 0 aliphatic carbocycles. The van der Waals surface area contributed by atoms with Crippen molar-refractivity contribution < 1.29 is 18.7 Å². The normalized spacial score (nSPS) is 16.4. The largest absolute Gasteiger partial charge is 0.449 e. The fourth-order valence-electron chi connectivity index (χ4n) is 4.26. The number of hydrogen-bond acceptors (Lipinski definition) is 5. The van der Waals surface area contributed by atoms with Crippen molar-refractivity contribution >= 4 is 23.3 Å². The number of halogens is 1. The molecule has 31 heavy (non-hydrogen) atoms. The van der Waals surface area contributed by atoms with Crippen LogP contribution in [0.2, 0.25) is 0 Å². The molecule has 4 rings (SSSR count). The maximum atomic E-state index is 13.0. The van der Waals surface area contributed by atoms with E-state index in [9.17, 15) is 14.0 Å². The highest BCUT2D eigenvalue weighted by Crippen LogP contribution is 2.25. The molecule has 0 aromatic heterocycles. The maximum Gasteiger partial charge on any atom is 0.411 e. The van der Waals surface area contributed by atoms with Crippen LogP contribution in [0.4, 0.5) is 20.6 Å². The van der Waals surface area contributed by atoms with Crippen molar-refractivity contribution in [3.63, 3.8) is 0 Å². The van der Waals surface area contributed by atoms with Crippen molar-refractivity contribution in [2.45, 2.75) is 25.7 Å². The van der Waals surface area contributed by atoms with Crippen LogP contribution >= 0.6 is 0 Å². The molecule has 0 unspecified atom stereocenters. The Labute approximate surface area is 181 Å². The van der Waals surface area contributed by atoms with Crippen LogP contribution in [0.15, 0.2) is 42.5 Å². The Balaban J connectivity index is 1.12. The summed E-state index contributed by atoms with van der Waals surface area (Å²) < 4.78 is 18.3. The van der Waals surface area contributed by atoms with E-state index >= 15 is 0 Å². The molecule has 1 fully saturated rings. The van der Waals surface area contributed by atoms with Gasteiger partial charge < -0.3 is 15.0 Å². The topological polar surface area (TPSA) is 70.7 Å². The van der Waals surface area contributed by atoms with Gasteiger partial charge in [-0.05, 0) is 86.8 Å². The molecule has 0 saturated carbocycles. The molecule has 0 spiro atoms. The second-order valence-electron chi connectivity index (χ2n) is 8.15. The van der Waals surface area contributed by atoms with Gasteiger partial charge in [0.05, 0.1) is 6.61 Å². The molecule has 7 heteroatoms. The maximum absolute atomic E-state index is 13.0. The average Bonchev–Trinajstić information content (AvgIpc) is 3.25. The van der Waals surface area contributed by atoms with E-state index in [1.807, 2.05) is 18.2 Å². The van der Waals surface area contributed by atoms with Crippen molar-refractivity contribution in [1.29, 1.82) is 0 Å². The second-order valence-corrected chi connectivity index (χ2v) is 8.15.